The lowest BCUT2D eigenvalue weighted by atomic mass is 10.0. The van der Waals surface area contributed by atoms with Gasteiger partial charge in [0, 0.05) is 41.9 Å². The monoisotopic (exact) mass is 650 g/mol. The number of benzene rings is 4. The molecule has 0 atom stereocenters. The number of nitrogens with one attached hydrogen (secondary N) is 1. The van der Waals surface area contributed by atoms with Crippen LogP contribution < -0.4 is 25.3 Å². The lowest BCUT2D eigenvalue weighted by Gasteiger charge is -2.17. The highest BCUT2D eigenvalue weighted by Gasteiger charge is 2.24. The van der Waals surface area contributed by atoms with Crippen LogP contribution in [0.25, 0.3) is 33.9 Å². The molecule has 1 amide bonds. The van der Waals surface area contributed by atoms with Gasteiger partial charge in [0.2, 0.25) is 5.75 Å². The number of carbonyl (C=O) groups excluding carboxylic acids is 1. The molecule has 1 aromatic heterocycles. The van der Waals surface area contributed by atoms with Crippen molar-refractivity contribution in [3.05, 3.63) is 108 Å². The van der Waals surface area contributed by atoms with Crippen LogP contribution >= 0.6 is 0 Å². The number of amides is 1. The third-order valence-electron chi connectivity index (χ3n) is 7.71. The van der Waals surface area contributed by atoms with Gasteiger partial charge in [-0.25, -0.2) is 4.98 Å². The maximum atomic E-state index is 12.8. The van der Waals surface area contributed by atoms with Gasteiger partial charge in [0.25, 0.3) is 5.91 Å². The van der Waals surface area contributed by atoms with Crippen molar-refractivity contribution in [2.24, 2.45) is 5.73 Å². The first-order chi connectivity index (χ1) is 23.6. The van der Waals surface area contributed by atoms with Crippen LogP contribution in [0.1, 0.15) is 15.9 Å². The molecule has 4 aromatic carbocycles. The quantitative estimate of drug-likeness (QED) is 0.124. The number of nitrogens with two attached hydrogens (primary N) is 1. The van der Waals surface area contributed by atoms with E-state index < -0.39 is 0 Å². The Bertz CT molecular complexity index is 1730. The fraction of sp³-hybridized carbons (Fsp3) is 0.263. The molecular formula is C38H42N4O6. The topological polar surface area (TPSA) is 119 Å². The van der Waals surface area contributed by atoms with Crippen molar-refractivity contribution in [3.63, 3.8) is 0 Å². The molecule has 0 aliphatic heterocycles. The van der Waals surface area contributed by atoms with E-state index in [1.54, 1.807) is 21.3 Å². The fourth-order valence-electron chi connectivity index (χ4n) is 5.41. The predicted molar refractivity (Wildman–Crippen MR) is 187 cm³/mol. The summed E-state index contributed by atoms with van der Waals surface area (Å²) in [4.78, 5) is 18.1. The number of nitrogens with zero attached hydrogens (tertiary/aromatic N) is 2. The lowest BCUT2D eigenvalue weighted by Crippen LogP contribution is -2.27. The highest BCUT2D eigenvalue weighted by Crippen LogP contribution is 2.43. The van der Waals surface area contributed by atoms with E-state index in [0.29, 0.717) is 68.9 Å². The molecule has 1 heterocycles. The summed E-state index contributed by atoms with van der Waals surface area (Å²) in [5, 5.41) is 2.91. The second kappa shape index (κ2) is 17.1. The number of ether oxygens (including phenoxy) is 5. The van der Waals surface area contributed by atoms with Crippen LogP contribution in [0.4, 0.5) is 0 Å². The zero-order valence-electron chi connectivity index (χ0n) is 27.6. The van der Waals surface area contributed by atoms with E-state index >= 15 is 0 Å². The number of rotatable bonds is 17. The Balaban J connectivity index is 1.49. The van der Waals surface area contributed by atoms with Gasteiger partial charge in [0.1, 0.15) is 5.82 Å². The van der Waals surface area contributed by atoms with E-state index in [-0.39, 0.29) is 5.91 Å². The van der Waals surface area contributed by atoms with E-state index in [2.05, 4.69) is 34.1 Å². The van der Waals surface area contributed by atoms with E-state index in [4.69, 9.17) is 34.4 Å². The third kappa shape index (κ3) is 8.21. The van der Waals surface area contributed by atoms with Crippen LogP contribution in [-0.4, -0.2) is 76.3 Å². The second-order valence-electron chi connectivity index (χ2n) is 10.8. The molecule has 0 saturated carbocycles. The van der Waals surface area contributed by atoms with E-state index in [1.807, 2.05) is 72.8 Å². The Morgan fingerprint density at radius 3 is 1.92 bits per heavy atom. The van der Waals surface area contributed by atoms with E-state index in [9.17, 15) is 4.79 Å². The number of hydrogen-bond acceptors (Lipinski definition) is 8. The standard InChI is InChI=1S/C38H42N4O6/c1-44-32-24-31(25-33(45-2)36(32)46-3)37-41-34(28-10-6-4-7-11-28)35(29-12-8-5-9-13-29)42(37)26-27-14-16-30(17-15-27)38(43)40-19-21-48-23-22-47-20-18-39/h4-17,24-25H,18-23,26,39H2,1-3H3,(H,40,43). The van der Waals surface area contributed by atoms with Gasteiger partial charge in [-0.2, -0.15) is 0 Å². The summed E-state index contributed by atoms with van der Waals surface area (Å²) < 4.78 is 30.0. The number of hydrogen-bond donors (Lipinski definition) is 2. The van der Waals surface area contributed by atoms with E-state index in [0.717, 1.165) is 39.5 Å². The molecule has 0 radical (unpaired) electrons. The van der Waals surface area contributed by atoms with Crippen LogP contribution in [-0.2, 0) is 16.0 Å². The van der Waals surface area contributed by atoms with Gasteiger partial charge >= 0.3 is 0 Å². The number of imidazole rings is 1. The molecule has 48 heavy (non-hydrogen) atoms. The maximum absolute atomic E-state index is 12.8. The van der Waals surface area contributed by atoms with Crippen molar-refractivity contribution in [1.29, 1.82) is 0 Å². The highest BCUT2D eigenvalue weighted by molar-refractivity contribution is 5.94. The Kier molecular flexibility index (Phi) is 12.2. The molecule has 0 bridgehead atoms. The Labute approximate surface area is 281 Å². The SMILES string of the molecule is COc1cc(-c2nc(-c3ccccc3)c(-c3ccccc3)n2Cc2ccc(C(=O)NCCOCCOCCN)cc2)cc(OC)c1OC. The summed E-state index contributed by atoms with van der Waals surface area (Å²) in [7, 11) is 4.78. The molecule has 5 aromatic rings. The van der Waals surface area contributed by atoms with Gasteiger partial charge < -0.3 is 39.3 Å². The van der Waals surface area contributed by atoms with Crippen LogP contribution in [0, 0.1) is 0 Å². The molecule has 10 nitrogen and oxygen atoms in total. The minimum absolute atomic E-state index is 0.165. The van der Waals surface area contributed by atoms with Gasteiger partial charge in [-0.1, -0.05) is 72.8 Å². The number of aromatic nitrogens is 2. The molecule has 0 aliphatic rings. The van der Waals surface area contributed by atoms with Crippen LogP contribution in [0.2, 0.25) is 0 Å². The summed E-state index contributed by atoms with van der Waals surface area (Å²) in [5.74, 6) is 2.13. The van der Waals surface area contributed by atoms with Crippen molar-refractivity contribution in [1.82, 2.24) is 14.9 Å². The van der Waals surface area contributed by atoms with Crippen LogP contribution in [0.5, 0.6) is 17.2 Å². The average molecular weight is 651 g/mol. The summed E-state index contributed by atoms with van der Waals surface area (Å²) in [6.45, 7) is 3.19. The molecule has 3 N–H and O–H groups in total. The maximum Gasteiger partial charge on any atom is 0.251 e. The first-order valence-electron chi connectivity index (χ1n) is 15.8. The smallest absolute Gasteiger partial charge is 0.251 e. The molecule has 0 unspecified atom stereocenters. The third-order valence-corrected chi connectivity index (χ3v) is 7.71. The summed E-state index contributed by atoms with van der Waals surface area (Å²) in [6.07, 6.45) is 0. The number of carbonyl (C=O) groups is 1. The molecule has 250 valence electrons. The first kappa shape index (κ1) is 34.2. The highest BCUT2D eigenvalue weighted by atomic mass is 16.5. The zero-order chi connectivity index (χ0) is 33.7. The lowest BCUT2D eigenvalue weighted by molar-refractivity contribution is 0.0511. The molecule has 0 spiro atoms. The van der Waals surface area contributed by atoms with Gasteiger partial charge in [-0.05, 0) is 29.8 Å². The Morgan fingerprint density at radius 2 is 1.33 bits per heavy atom. The molecule has 5 rings (SSSR count). The zero-order valence-corrected chi connectivity index (χ0v) is 27.6. The second-order valence-corrected chi connectivity index (χ2v) is 10.8. The summed E-state index contributed by atoms with van der Waals surface area (Å²) >= 11 is 0. The minimum atomic E-state index is -0.165. The van der Waals surface area contributed by atoms with Gasteiger partial charge in [0.05, 0.1) is 59.1 Å². The van der Waals surface area contributed by atoms with E-state index in [1.165, 1.54) is 0 Å². The van der Waals surface area contributed by atoms with Crippen LogP contribution in [0.3, 0.4) is 0 Å². The summed E-state index contributed by atoms with van der Waals surface area (Å²) in [5.41, 5.74) is 11.6. The summed E-state index contributed by atoms with van der Waals surface area (Å²) in [6, 6.07) is 31.8. The molecular weight excluding hydrogens is 608 g/mol. The fourth-order valence-corrected chi connectivity index (χ4v) is 5.41. The van der Waals surface area contributed by atoms with Gasteiger partial charge in [-0.3, -0.25) is 4.79 Å². The van der Waals surface area contributed by atoms with Crippen molar-refractivity contribution in [3.8, 4) is 51.2 Å². The Morgan fingerprint density at radius 1 is 0.729 bits per heavy atom. The first-order valence-corrected chi connectivity index (χ1v) is 15.8. The predicted octanol–water partition coefficient (Wildman–Crippen LogP) is 5.68. The molecule has 10 heteroatoms. The molecule has 0 fully saturated rings. The normalized spacial score (nSPS) is 10.9. The van der Waals surface area contributed by atoms with Crippen molar-refractivity contribution in [2.75, 3.05) is 60.8 Å². The van der Waals surface area contributed by atoms with Gasteiger partial charge in [0.15, 0.2) is 11.5 Å². The van der Waals surface area contributed by atoms with Crippen LogP contribution in [0.15, 0.2) is 97.1 Å². The van der Waals surface area contributed by atoms with Crippen molar-refractivity contribution in [2.45, 2.75) is 6.54 Å². The molecule has 0 saturated heterocycles. The van der Waals surface area contributed by atoms with Crippen molar-refractivity contribution >= 4 is 5.91 Å². The minimum Gasteiger partial charge on any atom is -0.493 e. The molecule has 0 aliphatic carbocycles. The number of methoxy groups -OCH3 is 3. The average Bonchev–Trinajstić information content (AvgIpc) is 3.51. The largest absolute Gasteiger partial charge is 0.493 e. The Hall–Kier alpha value is -5.16. The van der Waals surface area contributed by atoms with Gasteiger partial charge in [-0.15, -0.1) is 0 Å². The van der Waals surface area contributed by atoms with Crippen molar-refractivity contribution < 1.29 is 28.5 Å².